The van der Waals surface area contributed by atoms with Gasteiger partial charge in [0.15, 0.2) is 0 Å². The summed E-state index contributed by atoms with van der Waals surface area (Å²) in [6.07, 6.45) is 1.92. The molecule has 0 N–H and O–H groups in total. The second-order valence-electron chi connectivity index (χ2n) is 9.44. The SMILES string of the molecule is COc1nc2c(c(N(C)CC[S+]([O-])/C=C/CN3CC(F)C3)n1)CCN(c1cccc3cccc(Cl)c13)C2. The van der Waals surface area contributed by atoms with Crippen LogP contribution in [0, 0.1) is 0 Å². The maximum absolute atomic E-state index is 12.9. The molecule has 196 valence electrons. The van der Waals surface area contributed by atoms with E-state index in [0.717, 1.165) is 51.5 Å². The van der Waals surface area contributed by atoms with E-state index in [9.17, 15) is 8.94 Å². The molecule has 1 fully saturated rings. The van der Waals surface area contributed by atoms with Crippen molar-refractivity contribution in [1.29, 1.82) is 0 Å². The zero-order valence-corrected chi connectivity index (χ0v) is 22.6. The molecule has 2 aliphatic heterocycles. The number of hydrogen-bond donors (Lipinski definition) is 0. The van der Waals surface area contributed by atoms with Gasteiger partial charge in [0.1, 0.15) is 23.2 Å². The number of alkyl halides is 1. The maximum atomic E-state index is 12.9. The first-order chi connectivity index (χ1) is 17.9. The molecule has 5 rings (SSSR count). The molecule has 0 spiro atoms. The zero-order chi connectivity index (χ0) is 25.9. The Morgan fingerprint density at radius 3 is 2.78 bits per heavy atom. The number of nitrogens with zero attached hydrogens (tertiary/aromatic N) is 5. The van der Waals surface area contributed by atoms with Crippen molar-refractivity contribution >= 4 is 45.1 Å². The lowest BCUT2D eigenvalue weighted by Crippen LogP contribution is -2.48. The molecular formula is C27H31ClFN5O2S. The van der Waals surface area contributed by atoms with Gasteiger partial charge in [-0.2, -0.15) is 9.97 Å². The van der Waals surface area contributed by atoms with Crippen LogP contribution in [0.1, 0.15) is 11.3 Å². The molecule has 0 bridgehead atoms. The van der Waals surface area contributed by atoms with Crippen LogP contribution in [0.15, 0.2) is 47.9 Å². The molecule has 0 aliphatic carbocycles. The van der Waals surface area contributed by atoms with Crippen molar-refractivity contribution in [2.75, 3.05) is 62.4 Å². The zero-order valence-electron chi connectivity index (χ0n) is 21.1. The van der Waals surface area contributed by atoms with E-state index < -0.39 is 17.3 Å². The lowest BCUT2D eigenvalue weighted by atomic mass is 10.0. The van der Waals surface area contributed by atoms with Gasteiger partial charge < -0.3 is 19.1 Å². The number of halogens is 2. The van der Waals surface area contributed by atoms with Crippen LogP contribution in [0.3, 0.4) is 0 Å². The molecule has 1 aromatic heterocycles. The number of aromatic nitrogens is 2. The Morgan fingerprint density at radius 2 is 2.03 bits per heavy atom. The third kappa shape index (κ3) is 5.80. The van der Waals surface area contributed by atoms with Gasteiger partial charge in [-0.25, -0.2) is 4.39 Å². The van der Waals surface area contributed by atoms with E-state index in [4.69, 9.17) is 16.3 Å². The molecule has 1 atom stereocenters. The van der Waals surface area contributed by atoms with Crippen molar-refractivity contribution in [3.8, 4) is 6.01 Å². The molecule has 0 radical (unpaired) electrons. The highest BCUT2D eigenvalue weighted by atomic mass is 35.5. The molecule has 1 saturated heterocycles. The summed E-state index contributed by atoms with van der Waals surface area (Å²) in [5.41, 5.74) is 3.10. The Bertz CT molecular complexity index is 1280. The van der Waals surface area contributed by atoms with Gasteiger partial charge in [0.25, 0.3) is 0 Å². The molecular weight excluding hydrogens is 513 g/mol. The van der Waals surface area contributed by atoms with Crippen LogP contribution in [0.2, 0.25) is 5.02 Å². The standard InChI is InChI=1S/C27H31ClFN5O2S/c1-32(13-15-37(35)14-5-11-33-16-20(29)17-33)26-21-10-12-34(18-23(21)30-27(31-26)36-2)24-9-4-7-19-6-3-8-22(28)25(19)24/h3-9,14,20H,10-13,15-18H2,1-2H3/b14-5+. The number of rotatable bonds is 9. The Hall–Kier alpha value is -2.59. The number of ether oxygens (including phenoxy) is 1. The van der Waals surface area contributed by atoms with E-state index in [1.807, 2.05) is 35.1 Å². The molecule has 10 heteroatoms. The van der Waals surface area contributed by atoms with Crippen LogP contribution in [0.5, 0.6) is 6.01 Å². The monoisotopic (exact) mass is 543 g/mol. The number of anilines is 2. The third-order valence-corrected chi connectivity index (χ3v) is 8.29. The van der Waals surface area contributed by atoms with Crippen LogP contribution < -0.4 is 14.5 Å². The minimum atomic E-state index is -1.11. The van der Waals surface area contributed by atoms with Crippen LogP contribution in [-0.2, 0) is 24.1 Å². The highest BCUT2D eigenvalue weighted by molar-refractivity contribution is 7.94. The van der Waals surface area contributed by atoms with Crippen molar-refractivity contribution in [3.05, 3.63) is 64.2 Å². The van der Waals surface area contributed by atoms with E-state index in [1.165, 1.54) is 0 Å². The third-order valence-electron chi connectivity index (χ3n) is 6.89. The summed E-state index contributed by atoms with van der Waals surface area (Å²) in [4.78, 5) is 15.7. The van der Waals surface area contributed by atoms with Gasteiger partial charge in [0, 0.05) is 49.9 Å². The lowest BCUT2D eigenvalue weighted by Gasteiger charge is -2.33. The van der Waals surface area contributed by atoms with Crippen molar-refractivity contribution in [2.45, 2.75) is 19.1 Å². The molecule has 0 amide bonds. The fraction of sp³-hybridized carbons (Fsp3) is 0.407. The van der Waals surface area contributed by atoms with Gasteiger partial charge >= 0.3 is 6.01 Å². The summed E-state index contributed by atoms with van der Waals surface area (Å²) in [7, 11) is 3.53. The Morgan fingerprint density at radius 1 is 1.24 bits per heavy atom. The second kappa shape index (κ2) is 11.4. The normalized spacial score (nSPS) is 17.2. The summed E-state index contributed by atoms with van der Waals surface area (Å²) in [6, 6.07) is 12.5. The van der Waals surface area contributed by atoms with Gasteiger partial charge in [-0.3, -0.25) is 4.90 Å². The van der Waals surface area contributed by atoms with Gasteiger partial charge in [0.2, 0.25) is 0 Å². The topological polar surface area (TPSA) is 67.8 Å². The Labute approximate surface area is 225 Å². The van der Waals surface area contributed by atoms with Crippen LogP contribution >= 0.6 is 11.6 Å². The number of benzene rings is 2. The van der Waals surface area contributed by atoms with E-state index in [2.05, 4.69) is 39.1 Å². The predicted octanol–water partition coefficient (Wildman–Crippen LogP) is 4.21. The van der Waals surface area contributed by atoms with Gasteiger partial charge in [-0.1, -0.05) is 35.9 Å². The van der Waals surface area contributed by atoms with Crippen molar-refractivity contribution < 1.29 is 13.7 Å². The fourth-order valence-electron chi connectivity index (χ4n) is 4.90. The molecule has 1 unspecified atom stereocenters. The summed E-state index contributed by atoms with van der Waals surface area (Å²) in [5.74, 6) is 1.29. The molecule has 3 heterocycles. The Kier molecular flexibility index (Phi) is 8.04. The van der Waals surface area contributed by atoms with Crippen molar-refractivity contribution in [2.24, 2.45) is 0 Å². The minimum absolute atomic E-state index is 0.320. The smallest absolute Gasteiger partial charge is 0.318 e. The minimum Gasteiger partial charge on any atom is -0.612 e. The number of hydrogen-bond acceptors (Lipinski definition) is 7. The summed E-state index contributed by atoms with van der Waals surface area (Å²) in [6.45, 7) is 3.55. The Balaban J connectivity index is 1.30. The largest absolute Gasteiger partial charge is 0.612 e. The molecule has 0 saturated carbocycles. The molecule has 37 heavy (non-hydrogen) atoms. The first-order valence-corrected chi connectivity index (χ1v) is 14.2. The highest BCUT2D eigenvalue weighted by Crippen LogP contribution is 2.36. The summed E-state index contributed by atoms with van der Waals surface area (Å²) >= 11 is 5.48. The van der Waals surface area contributed by atoms with Crippen LogP contribution in [0.4, 0.5) is 15.9 Å². The van der Waals surface area contributed by atoms with Crippen molar-refractivity contribution in [3.63, 3.8) is 0 Å². The maximum Gasteiger partial charge on any atom is 0.318 e. The quantitative estimate of drug-likeness (QED) is 0.375. The van der Waals surface area contributed by atoms with Crippen molar-refractivity contribution in [1.82, 2.24) is 14.9 Å². The second-order valence-corrected chi connectivity index (χ2v) is 11.3. The number of likely N-dealkylation sites (tertiary alicyclic amines) is 1. The number of fused-ring (bicyclic) bond motifs is 2. The van der Waals surface area contributed by atoms with Crippen LogP contribution in [0.25, 0.3) is 10.8 Å². The number of methoxy groups -OCH3 is 1. The van der Waals surface area contributed by atoms with E-state index in [-0.39, 0.29) is 0 Å². The van der Waals surface area contributed by atoms with Gasteiger partial charge in [-0.05, 0) is 41.2 Å². The van der Waals surface area contributed by atoms with E-state index in [0.29, 0.717) is 44.5 Å². The molecule has 3 aromatic rings. The predicted molar refractivity (Wildman–Crippen MR) is 149 cm³/mol. The van der Waals surface area contributed by atoms with Gasteiger partial charge in [-0.15, -0.1) is 0 Å². The highest BCUT2D eigenvalue weighted by Gasteiger charge is 2.27. The average Bonchev–Trinajstić information content (AvgIpc) is 2.89. The summed E-state index contributed by atoms with van der Waals surface area (Å²) in [5, 5.41) is 4.60. The molecule has 2 aromatic carbocycles. The molecule has 2 aliphatic rings. The van der Waals surface area contributed by atoms with E-state index >= 15 is 0 Å². The lowest BCUT2D eigenvalue weighted by molar-refractivity contribution is 0.0772. The first-order valence-electron chi connectivity index (χ1n) is 12.4. The first kappa shape index (κ1) is 26.0. The fourth-order valence-corrected chi connectivity index (χ4v) is 6.07. The van der Waals surface area contributed by atoms with E-state index in [1.54, 1.807) is 12.5 Å². The average molecular weight is 544 g/mol. The van der Waals surface area contributed by atoms with Crippen LogP contribution in [-0.4, -0.2) is 78.2 Å². The van der Waals surface area contributed by atoms with Gasteiger partial charge in [0.05, 0.1) is 30.9 Å². The molecule has 7 nitrogen and oxygen atoms in total. The summed E-state index contributed by atoms with van der Waals surface area (Å²) < 4.78 is 30.9.